The number of nitrogens with two attached hydrogens (primary N) is 1. The van der Waals surface area contributed by atoms with Crippen LogP contribution < -0.4 is 11.1 Å². The van der Waals surface area contributed by atoms with E-state index in [1.807, 2.05) is 0 Å². The molecule has 0 fully saturated rings. The van der Waals surface area contributed by atoms with E-state index < -0.39 is 5.97 Å². The van der Waals surface area contributed by atoms with Crippen molar-refractivity contribution >= 4 is 23.3 Å². The summed E-state index contributed by atoms with van der Waals surface area (Å²) in [5, 5.41) is 21.0. The zero-order valence-corrected chi connectivity index (χ0v) is 11.0. The van der Waals surface area contributed by atoms with Gasteiger partial charge in [-0.3, -0.25) is 4.79 Å². The molecular formula is C15H14N2O4. The Balaban J connectivity index is 2.10. The third-order valence-corrected chi connectivity index (χ3v) is 2.92. The van der Waals surface area contributed by atoms with E-state index in [1.165, 1.54) is 24.3 Å². The lowest BCUT2D eigenvalue weighted by Crippen LogP contribution is -2.15. The summed E-state index contributed by atoms with van der Waals surface area (Å²) in [6.45, 7) is 0. The lowest BCUT2D eigenvalue weighted by molar-refractivity contribution is -0.115. The maximum atomic E-state index is 11.9. The van der Waals surface area contributed by atoms with Gasteiger partial charge in [0.1, 0.15) is 5.75 Å². The third kappa shape index (κ3) is 3.50. The summed E-state index contributed by atoms with van der Waals surface area (Å²) in [5.41, 5.74) is 6.75. The minimum Gasteiger partial charge on any atom is -0.508 e. The highest BCUT2D eigenvalue weighted by Crippen LogP contribution is 2.21. The van der Waals surface area contributed by atoms with Gasteiger partial charge in [-0.05, 0) is 24.3 Å². The van der Waals surface area contributed by atoms with Crippen LogP contribution in [0.4, 0.5) is 11.4 Å². The number of amides is 1. The number of nitrogen functional groups attached to an aromatic ring is 1. The van der Waals surface area contributed by atoms with E-state index in [2.05, 4.69) is 5.32 Å². The molecule has 0 atom stereocenters. The Morgan fingerprint density at radius 1 is 1.14 bits per heavy atom. The number of aromatic hydroxyl groups is 1. The molecular weight excluding hydrogens is 272 g/mol. The van der Waals surface area contributed by atoms with Crippen molar-refractivity contribution in [3.05, 3.63) is 53.6 Å². The van der Waals surface area contributed by atoms with E-state index in [1.54, 1.807) is 18.2 Å². The number of benzene rings is 2. The maximum absolute atomic E-state index is 11.9. The normalized spacial score (nSPS) is 10.1. The molecule has 1 amide bonds. The number of nitrogens with one attached hydrogen (secondary N) is 1. The number of hydrogen-bond acceptors (Lipinski definition) is 4. The second kappa shape index (κ2) is 5.96. The molecule has 6 heteroatoms. The van der Waals surface area contributed by atoms with Crippen LogP contribution in [0.1, 0.15) is 15.9 Å². The predicted molar refractivity (Wildman–Crippen MR) is 78.3 cm³/mol. The number of carbonyl (C=O) groups excluding carboxylic acids is 1. The van der Waals surface area contributed by atoms with Crippen LogP contribution in [0.3, 0.4) is 0 Å². The van der Waals surface area contributed by atoms with Gasteiger partial charge in [0.15, 0.2) is 0 Å². The van der Waals surface area contributed by atoms with Gasteiger partial charge in [-0.2, -0.15) is 0 Å². The number of carboxylic acids is 1. The number of hydrogen-bond donors (Lipinski definition) is 4. The highest BCUT2D eigenvalue weighted by Gasteiger charge is 2.11. The Bertz CT molecular complexity index is 698. The number of para-hydroxylation sites is 1. The van der Waals surface area contributed by atoms with Gasteiger partial charge in [0, 0.05) is 5.56 Å². The monoisotopic (exact) mass is 286 g/mol. The maximum Gasteiger partial charge on any atom is 0.335 e. The lowest BCUT2D eigenvalue weighted by atomic mass is 10.1. The van der Waals surface area contributed by atoms with E-state index in [4.69, 9.17) is 10.8 Å². The summed E-state index contributed by atoms with van der Waals surface area (Å²) in [6.07, 6.45) is -0.00715. The number of anilines is 2. The summed E-state index contributed by atoms with van der Waals surface area (Å²) in [6, 6.07) is 10.6. The second-order valence-corrected chi connectivity index (χ2v) is 4.46. The minimum absolute atomic E-state index is 0.00715. The van der Waals surface area contributed by atoms with E-state index in [0.29, 0.717) is 11.3 Å². The molecule has 0 heterocycles. The van der Waals surface area contributed by atoms with Gasteiger partial charge in [0.2, 0.25) is 5.91 Å². The Morgan fingerprint density at radius 3 is 2.48 bits per heavy atom. The summed E-state index contributed by atoms with van der Waals surface area (Å²) < 4.78 is 0. The molecule has 108 valence electrons. The van der Waals surface area contributed by atoms with Gasteiger partial charge in [-0.15, -0.1) is 0 Å². The standard InChI is InChI=1S/C15H14N2O4/c16-11-7-10(15(20)21)5-6-12(11)17-14(19)8-9-3-1-2-4-13(9)18/h1-7,18H,8,16H2,(H,17,19)(H,20,21). The Kier molecular flexibility index (Phi) is 4.08. The second-order valence-electron chi connectivity index (χ2n) is 4.46. The predicted octanol–water partition coefficient (Wildman–Crippen LogP) is 1.85. The fraction of sp³-hybridized carbons (Fsp3) is 0.0667. The van der Waals surface area contributed by atoms with Crippen molar-refractivity contribution in [2.45, 2.75) is 6.42 Å². The molecule has 0 bridgehead atoms. The van der Waals surface area contributed by atoms with E-state index in [-0.39, 0.29) is 29.3 Å². The van der Waals surface area contributed by atoms with E-state index in [9.17, 15) is 14.7 Å². The van der Waals surface area contributed by atoms with E-state index in [0.717, 1.165) is 0 Å². The van der Waals surface area contributed by atoms with E-state index >= 15 is 0 Å². The average molecular weight is 286 g/mol. The molecule has 2 aromatic carbocycles. The van der Waals surface area contributed by atoms with Crippen LogP contribution in [0.15, 0.2) is 42.5 Å². The van der Waals surface area contributed by atoms with Crippen molar-refractivity contribution in [1.82, 2.24) is 0 Å². The van der Waals surface area contributed by atoms with Crippen LogP contribution in [0, 0.1) is 0 Å². The number of carboxylic acid groups (broad SMARTS) is 1. The van der Waals surface area contributed by atoms with Crippen LogP contribution in [-0.4, -0.2) is 22.1 Å². The Labute approximate surface area is 120 Å². The summed E-state index contributed by atoms with van der Waals surface area (Å²) in [7, 11) is 0. The summed E-state index contributed by atoms with van der Waals surface area (Å²) in [4.78, 5) is 22.7. The fourth-order valence-electron chi connectivity index (χ4n) is 1.84. The van der Waals surface area contributed by atoms with Gasteiger partial charge in [0.05, 0.1) is 23.4 Å². The highest BCUT2D eigenvalue weighted by molar-refractivity contribution is 5.97. The van der Waals surface area contributed by atoms with Gasteiger partial charge in [-0.1, -0.05) is 18.2 Å². The van der Waals surface area contributed by atoms with Gasteiger partial charge < -0.3 is 21.3 Å². The quantitative estimate of drug-likeness (QED) is 0.641. The first-order valence-electron chi connectivity index (χ1n) is 6.17. The molecule has 5 N–H and O–H groups in total. The summed E-state index contributed by atoms with van der Waals surface area (Å²) >= 11 is 0. The molecule has 0 spiro atoms. The molecule has 0 unspecified atom stereocenters. The first-order valence-corrected chi connectivity index (χ1v) is 6.17. The first kappa shape index (κ1) is 14.4. The number of phenols is 1. The Morgan fingerprint density at radius 2 is 1.86 bits per heavy atom. The van der Waals surface area contributed by atoms with Crippen LogP contribution in [-0.2, 0) is 11.2 Å². The number of phenolic OH excluding ortho intramolecular Hbond substituents is 1. The highest BCUT2D eigenvalue weighted by atomic mass is 16.4. The van der Waals surface area contributed by atoms with Crippen molar-refractivity contribution in [3.63, 3.8) is 0 Å². The van der Waals surface area contributed by atoms with Gasteiger partial charge in [0.25, 0.3) is 0 Å². The zero-order valence-electron chi connectivity index (χ0n) is 11.0. The van der Waals surface area contributed by atoms with Crippen LogP contribution >= 0.6 is 0 Å². The van der Waals surface area contributed by atoms with Crippen molar-refractivity contribution in [2.75, 3.05) is 11.1 Å². The van der Waals surface area contributed by atoms with Crippen molar-refractivity contribution in [2.24, 2.45) is 0 Å². The SMILES string of the molecule is Nc1cc(C(=O)O)ccc1NC(=O)Cc1ccccc1O. The third-order valence-electron chi connectivity index (χ3n) is 2.92. The lowest BCUT2D eigenvalue weighted by Gasteiger charge is -2.09. The molecule has 0 aliphatic rings. The molecule has 2 rings (SSSR count). The smallest absolute Gasteiger partial charge is 0.335 e. The molecule has 0 aliphatic carbocycles. The zero-order chi connectivity index (χ0) is 15.4. The average Bonchev–Trinajstić information content (AvgIpc) is 2.43. The van der Waals surface area contributed by atoms with Gasteiger partial charge in [-0.25, -0.2) is 4.79 Å². The molecule has 2 aromatic rings. The molecule has 21 heavy (non-hydrogen) atoms. The molecule has 0 aliphatic heterocycles. The largest absolute Gasteiger partial charge is 0.508 e. The minimum atomic E-state index is -1.09. The fourth-order valence-corrected chi connectivity index (χ4v) is 1.84. The summed E-state index contributed by atoms with van der Waals surface area (Å²) in [5.74, 6) is -1.40. The van der Waals surface area contributed by atoms with Crippen LogP contribution in [0.2, 0.25) is 0 Å². The first-order chi connectivity index (χ1) is 9.97. The van der Waals surface area contributed by atoms with Crippen LogP contribution in [0.25, 0.3) is 0 Å². The number of aromatic carboxylic acids is 1. The van der Waals surface area contributed by atoms with Crippen LogP contribution in [0.5, 0.6) is 5.75 Å². The number of carbonyl (C=O) groups is 2. The topological polar surface area (TPSA) is 113 Å². The molecule has 0 aromatic heterocycles. The van der Waals surface area contributed by atoms with Crippen molar-refractivity contribution in [3.8, 4) is 5.75 Å². The van der Waals surface area contributed by atoms with Crippen molar-refractivity contribution in [1.29, 1.82) is 0 Å². The molecule has 0 saturated heterocycles. The van der Waals surface area contributed by atoms with Gasteiger partial charge >= 0.3 is 5.97 Å². The number of rotatable bonds is 4. The molecule has 0 saturated carbocycles. The molecule has 6 nitrogen and oxygen atoms in total. The Hall–Kier alpha value is -3.02. The molecule has 0 radical (unpaired) electrons. The van der Waals surface area contributed by atoms with Crippen molar-refractivity contribution < 1.29 is 19.8 Å².